The number of hydrogen-bond donors (Lipinski definition) is 1. The Morgan fingerprint density at radius 2 is 1.53 bits per heavy atom. The summed E-state index contributed by atoms with van der Waals surface area (Å²) in [6.07, 6.45) is 7.94. The summed E-state index contributed by atoms with van der Waals surface area (Å²) in [5.41, 5.74) is 1.45. The summed E-state index contributed by atoms with van der Waals surface area (Å²) in [7, 11) is 0. The SMILES string of the molecule is ICCCCCCNCCCc1ccccc1. The largest absolute Gasteiger partial charge is 0.317 e. The predicted molar refractivity (Wildman–Crippen MR) is 85.0 cm³/mol. The van der Waals surface area contributed by atoms with Gasteiger partial charge in [0.15, 0.2) is 0 Å². The van der Waals surface area contributed by atoms with Crippen LogP contribution in [0.15, 0.2) is 30.3 Å². The van der Waals surface area contributed by atoms with Gasteiger partial charge < -0.3 is 5.32 Å². The maximum atomic E-state index is 3.53. The molecule has 0 saturated carbocycles. The molecule has 0 bridgehead atoms. The fraction of sp³-hybridized carbons (Fsp3) is 0.600. The topological polar surface area (TPSA) is 12.0 Å². The summed E-state index contributed by atoms with van der Waals surface area (Å²) in [5.74, 6) is 0. The first-order valence-electron chi connectivity index (χ1n) is 6.74. The molecule has 1 nitrogen and oxygen atoms in total. The van der Waals surface area contributed by atoms with Crippen LogP contribution in [0.2, 0.25) is 0 Å². The Balaban J connectivity index is 1.85. The van der Waals surface area contributed by atoms with Crippen molar-refractivity contribution >= 4 is 22.6 Å². The Bertz CT molecular complexity index is 261. The van der Waals surface area contributed by atoms with Crippen LogP contribution in [0.4, 0.5) is 0 Å². The van der Waals surface area contributed by atoms with Gasteiger partial charge in [-0.3, -0.25) is 0 Å². The second-order valence-electron chi connectivity index (χ2n) is 4.44. The van der Waals surface area contributed by atoms with Gasteiger partial charge in [0.1, 0.15) is 0 Å². The Labute approximate surface area is 120 Å². The molecule has 0 heterocycles. The summed E-state index contributed by atoms with van der Waals surface area (Å²) >= 11 is 2.46. The lowest BCUT2D eigenvalue weighted by molar-refractivity contribution is 0.587. The quantitative estimate of drug-likeness (QED) is 0.381. The maximum absolute atomic E-state index is 3.53. The minimum absolute atomic E-state index is 1.15. The highest BCUT2D eigenvalue weighted by Crippen LogP contribution is 2.02. The van der Waals surface area contributed by atoms with Crippen LogP contribution < -0.4 is 5.32 Å². The molecule has 96 valence electrons. The molecule has 0 spiro atoms. The van der Waals surface area contributed by atoms with Crippen molar-refractivity contribution in [2.75, 3.05) is 17.5 Å². The van der Waals surface area contributed by atoms with Crippen LogP contribution in [-0.4, -0.2) is 17.5 Å². The van der Waals surface area contributed by atoms with E-state index in [0.717, 1.165) is 6.54 Å². The van der Waals surface area contributed by atoms with Gasteiger partial charge in [-0.05, 0) is 48.8 Å². The van der Waals surface area contributed by atoms with Crippen LogP contribution in [0, 0.1) is 0 Å². The Hall–Kier alpha value is -0.0900. The molecule has 0 unspecified atom stereocenters. The molecule has 0 amide bonds. The van der Waals surface area contributed by atoms with E-state index in [2.05, 4.69) is 58.2 Å². The van der Waals surface area contributed by atoms with Crippen molar-refractivity contribution in [3.05, 3.63) is 35.9 Å². The van der Waals surface area contributed by atoms with E-state index in [9.17, 15) is 0 Å². The predicted octanol–water partition coefficient (Wildman–Crippen LogP) is 4.20. The molecule has 1 N–H and O–H groups in total. The highest BCUT2D eigenvalue weighted by Gasteiger charge is 1.92. The molecule has 0 fully saturated rings. The second-order valence-corrected chi connectivity index (χ2v) is 5.52. The molecule has 0 aliphatic carbocycles. The van der Waals surface area contributed by atoms with E-state index in [1.807, 2.05) is 0 Å². The van der Waals surface area contributed by atoms with Crippen LogP contribution in [0.1, 0.15) is 37.7 Å². The number of hydrogen-bond acceptors (Lipinski definition) is 1. The van der Waals surface area contributed by atoms with Crippen molar-refractivity contribution in [2.45, 2.75) is 38.5 Å². The summed E-state index contributed by atoms with van der Waals surface area (Å²) in [6.45, 7) is 2.34. The third-order valence-electron chi connectivity index (χ3n) is 2.90. The molecule has 0 aromatic heterocycles. The zero-order chi connectivity index (χ0) is 12.2. The number of halogens is 1. The zero-order valence-electron chi connectivity index (χ0n) is 10.6. The molecule has 0 aliphatic rings. The zero-order valence-corrected chi connectivity index (χ0v) is 12.8. The normalized spacial score (nSPS) is 10.6. The molecule has 0 radical (unpaired) electrons. The summed E-state index contributed by atoms with van der Waals surface area (Å²) in [5, 5.41) is 3.53. The molecular weight excluding hydrogens is 321 g/mol. The lowest BCUT2D eigenvalue weighted by atomic mass is 10.1. The molecule has 0 atom stereocenters. The molecule has 0 saturated heterocycles. The van der Waals surface area contributed by atoms with E-state index in [0.29, 0.717) is 0 Å². The van der Waals surface area contributed by atoms with E-state index in [1.165, 1.54) is 55.1 Å². The Kier molecular flexibility index (Phi) is 9.71. The van der Waals surface area contributed by atoms with Crippen molar-refractivity contribution < 1.29 is 0 Å². The number of nitrogens with one attached hydrogen (secondary N) is 1. The van der Waals surface area contributed by atoms with Gasteiger partial charge in [0.2, 0.25) is 0 Å². The molecular formula is C15H24IN. The van der Waals surface area contributed by atoms with E-state index < -0.39 is 0 Å². The Morgan fingerprint density at radius 3 is 2.29 bits per heavy atom. The second kappa shape index (κ2) is 11.0. The third kappa shape index (κ3) is 8.61. The van der Waals surface area contributed by atoms with E-state index in [1.54, 1.807) is 0 Å². The third-order valence-corrected chi connectivity index (χ3v) is 3.66. The Morgan fingerprint density at radius 1 is 0.824 bits per heavy atom. The highest BCUT2D eigenvalue weighted by atomic mass is 127. The number of aryl methyl sites for hydroxylation is 1. The van der Waals surface area contributed by atoms with E-state index in [4.69, 9.17) is 0 Å². The van der Waals surface area contributed by atoms with Gasteiger partial charge in [-0.25, -0.2) is 0 Å². The first-order chi connectivity index (χ1) is 8.43. The van der Waals surface area contributed by atoms with Crippen molar-refractivity contribution in [2.24, 2.45) is 0 Å². The van der Waals surface area contributed by atoms with Gasteiger partial charge in [-0.15, -0.1) is 0 Å². The van der Waals surface area contributed by atoms with E-state index in [-0.39, 0.29) is 0 Å². The van der Waals surface area contributed by atoms with Gasteiger partial charge in [0, 0.05) is 0 Å². The van der Waals surface area contributed by atoms with Gasteiger partial charge in [-0.1, -0.05) is 65.8 Å². The number of rotatable bonds is 10. The van der Waals surface area contributed by atoms with Crippen molar-refractivity contribution in [1.82, 2.24) is 5.32 Å². The van der Waals surface area contributed by atoms with Crippen LogP contribution in [-0.2, 0) is 6.42 Å². The maximum Gasteiger partial charge on any atom is -0.000473 e. The number of benzene rings is 1. The lowest BCUT2D eigenvalue weighted by Gasteiger charge is -2.04. The van der Waals surface area contributed by atoms with Gasteiger partial charge in [-0.2, -0.15) is 0 Å². The van der Waals surface area contributed by atoms with Crippen molar-refractivity contribution in [3.8, 4) is 0 Å². The molecule has 1 aromatic rings. The summed E-state index contributed by atoms with van der Waals surface area (Å²) in [6, 6.07) is 10.7. The highest BCUT2D eigenvalue weighted by molar-refractivity contribution is 14.1. The first-order valence-corrected chi connectivity index (χ1v) is 8.26. The van der Waals surface area contributed by atoms with Crippen LogP contribution in [0.25, 0.3) is 0 Å². The average molecular weight is 345 g/mol. The number of unbranched alkanes of at least 4 members (excludes halogenated alkanes) is 3. The van der Waals surface area contributed by atoms with Gasteiger partial charge in [0.25, 0.3) is 0 Å². The average Bonchev–Trinajstić information content (AvgIpc) is 2.38. The molecule has 1 aromatic carbocycles. The lowest BCUT2D eigenvalue weighted by Crippen LogP contribution is -2.17. The summed E-state index contributed by atoms with van der Waals surface area (Å²) < 4.78 is 1.31. The molecule has 0 aliphatic heterocycles. The standard InChI is InChI=1S/C15H24IN/c16-12-6-1-2-7-13-17-14-8-11-15-9-4-3-5-10-15/h3-5,9-10,17H,1-2,6-8,11-14H2. The summed E-state index contributed by atoms with van der Waals surface area (Å²) in [4.78, 5) is 0. The fourth-order valence-electron chi connectivity index (χ4n) is 1.89. The van der Waals surface area contributed by atoms with E-state index >= 15 is 0 Å². The monoisotopic (exact) mass is 345 g/mol. The van der Waals surface area contributed by atoms with Crippen molar-refractivity contribution in [1.29, 1.82) is 0 Å². The molecule has 1 rings (SSSR count). The van der Waals surface area contributed by atoms with Gasteiger partial charge >= 0.3 is 0 Å². The minimum Gasteiger partial charge on any atom is -0.317 e. The minimum atomic E-state index is 1.15. The van der Waals surface area contributed by atoms with Crippen molar-refractivity contribution in [3.63, 3.8) is 0 Å². The molecule has 2 heteroatoms. The van der Waals surface area contributed by atoms with Gasteiger partial charge in [0.05, 0.1) is 0 Å². The first kappa shape index (κ1) is 15.0. The molecule has 17 heavy (non-hydrogen) atoms. The van der Waals surface area contributed by atoms with Crippen LogP contribution in [0.3, 0.4) is 0 Å². The fourth-order valence-corrected chi connectivity index (χ4v) is 2.42. The van der Waals surface area contributed by atoms with Crippen LogP contribution >= 0.6 is 22.6 Å². The smallest absolute Gasteiger partial charge is 0.000473 e. The number of alkyl halides is 1. The van der Waals surface area contributed by atoms with Crippen LogP contribution in [0.5, 0.6) is 0 Å².